The van der Waals surface area contributed by atoms with Gasteiger partial charge in [0.05, 0.1) is 6.42 Å². The molecule has 0 heterocycles. The summed E-state index contributed by atoms with van der Waals surface area (Å²) < 4.78 is 0. The van der Waals surface area contributed by atoms with Gasteiger partial charge in [-0.2, -0.15) is 0 Å². The molecule has 0 aromatic heterocycles. The Morgan fingerprint density at radius 3 is 2.32 bits per heavy atom. The topological polar surface area (TPSA) is 113 Å². The summed E-state index contributed by atoms with van der Waals surface area (Å²) in [5.74, 6) is -1.51. The summed E-state index contributed by atoms with van der Waals surface area (Å²) in [6, 6.07) is -1.76. The molecule has 0 aromatic carbocycles. The zero-order valence-electron chi connectivity index (χ0n) is 11.3. The van der Waals surface area contributed by atoms with E-state index in [-0.39, 0.29) is 6.04 Å². The second kappa shape index (κ2) is 6.40. The minimum atomic E-state index is -1.27. The summed E-state index contributed by atoms with van der Waals surface area (Å²) in [5.41, 5.74) is 4.97. The first-order valence-corrected chi connectivity index (χ1v) is 6.39. The first kappa shape index (κ1) is 15.3. The third kappa shape index (κ3) is 5.15. The number of urea groups is 1. The fraction of sp³-hybridized carbons (Fsp3) is 0.750. The largest absolute Gasteiger partial charge is 0.480 e. The highest BCUT2D eigenvalue weighted by Gasteiger charge is 2.30. The molecule has 0 aliphatic heterocycles. The Labute approximate surface area is 112 Å². The standard InChI is InChI=1S/C12H21N3O4/c1-7(2)15(6-8-3-4-8)12(19)14-9(11(17)18)5-10(13)16/h7-9H,3-6H2,1-2H3,(H2,13,16)(H,14,19)(H,17,18)/t9-/m0/s1. The molecule has 4 N–H and O–H groups in total. The van der Waals surface area contributed by atoms with Crippen LogP contribution in [0.4, 0.5) is 4.79 Å². The second-order valence-corrected chi connectivity index (χ2v) is 5.20. The third-order valence-corrected chi connectivity index (χ3v) is 3.04. The number of hydrogen-bond acceptors (Lipinski definition) is 3. The van der Waals surface area contributed by atoms with Gasteiger partial charge in [-0.1, -0.05) is 0 Å². The predicted molar refractivity (Wildman–Crippen MR) is 68.3 cm³/mol. The van der Waals surface area contributed by atoms with Crippen molar-refractivity contribution < 1.29 is 19.5 Å². The molecule has 1 aliphatic carbocycles. The normalized spacial score (nSPS) is 15.9. The van der Waals surface area contributed by atoms with Crippen LogP contribution in [-0.4, -0.2) is 46.5 Å². The Balaban J connectivity index is 2.61. The van der Waals surface area contributed by atoms with Crippen LogP contribution in [0, 0.1) is 5.92 Å². The van der Waals surface area contributed by atoms with Gasteiger partial charge in [0.2, 0.25) is 5.91 Å². The number of aliphatic carboxylic acids is 1. The minimum absolute atomic E-state index is 0.0244. The zero-order chi connectivity index (χ0) is 14.6. The second-order valence-electron chi connectivity index (χ2n) is 5.20. The van der Waals surface area contributed by atoms with Crippen molar-refractivity contribution in [2.24, 2.45) is 11.7 Å². The Kier molecular flexibility index (Phi) is 5.14. The average Bonchev–Trinajstić information content (AvgIpc) is 3.07. The van der Waals surface area contributed by atoms with E-state index < -0.39 is 30.4 Å². The number of nitrogens with zero attached hydrogens (tertiary/aromatic N) is 1. The summed E-state index contributed by atoms with van der Waals surface area (Å²) in [4.78, 5) is 35.4. The van der Waals surface area contributed by atoms with Crippen molar-refractivity contribution in [3.63, 3.8) is 0 Å². The number of rotatable bonds is 7. The molecule has 1 saturated carbocycles. The van der Waals surface area contributed by atoms with E-state index in [1.165, 1.54) is 0 Å². The molecular weight excluding hydrogens is 250 g/mol. The number of carbonyl (C=O) groups is 3. The molecule has 0 bridgehead atoms. The molecule has 1 atom stereocenters. The first-order valence-electron chi connectivity index (χ1n) is 6.39. The van der Waals surface area contributed by atoms with Gasteiger partial charge in [0.25, 0.3) is 0 Å². The van der Waals surface area contributed by atoms with Crippen LogP contribution in [0.2, 0.25) is 0 Å². The molecule has 3 amide bonds. The fourth-order valence-electron chi connectivity index (χ4n) is 1.74. The van der Waals surface area contributed by atoms with Crippen molar-refractivity contribution >= 4 is 17.9 Å². The highest BCUT2D eigenvalue weighted by atomic mass is 16.4. The number of carbonyl (C=O) groups excluding carboxylic acids is 2. The van der Waals surface area contributed by atoms with E-state index >= 15 is 0 Å². The molecule has 1 aliphatic rings. The molecule has 0 radical (unpaired) electrons. The quantitative estimate of drug-likeness (QED) is 0.611. The van der Waals surface area contributed by atoms with E-state index in [0.717, 1.165) is 12.8 Å². The van der Waals surface area contributed by atoms with Crippen LogP contribution >= 0.6 is 0 Å². The van der Waals surface area contributed by atoms with Gasteiger partial charge in [0, 0.05) is 12.6 Å². The number of carboxylic acid groups (broad SMARTS) is 1. The number of primary amides is 1. The Morgan fingerprint density at radius 2 is 1.95 bits per heavy atom. The summed E-state index contributed by atoms with van der Waals surface area (Å²) >= 11 is 0. The Morgan fingerprint density at radius 1 is 1.37 bits per heavy atom. The lowest BCUT2D eigenvalue weighted by atomic mass is 10.2. The number of nitrogens with two attached hydrogens (primary N) is 1. The zero-order valence-corrected chi connectivity index (χ0v) is 11.3. The van der Waals surface area contributed by atoms with Crippen molar-refractivity contribution in [1.82, 2.24) is 10.2 Å². The molecule has 1 fully saturated rings. The molecule has 0 saturated heterocycles. The van der Waals surface area contributed by atoms with Crippen LogP contribution in [0.25, 0.3) is 0 Å². The molecule has 0 aromatic rings. The summed E-state index contributed by atoms with van der Waals surface area (Å²) in [5, 5.41) is 11.3. The molecule has 1 rings (SSSR count). The van der Waals surface area contributed by atoms with Crippen molar-refractivity contribution in [3.05, 3.63) is 0 Å². The van der Waals surface area contributed by atoms with Crippen molar-refractivity contribution in [1.29, 1.82) is 0 Å². The number of nitrogens with one attached hydrogen (secondary N) is 1. The molecular formula is C12H21N3O4. The van der Waals surface area contributed by atoms with E-state index in [9.17, 15) is 14.4 Å². The van der Waals surface area contributed by atoms with Gasteiger partial charge < -0.3 is 21.1 Å². The highest BCUT2D eigenvalue weighted by molar-refractivity contribution is 5.87. The van der Waals surface area contributed by atoms with Crippen molar-refractivity contribution in [2.45, 2.75) is 45.2 Å². The van der Waals surface area contributed by atoms with Gasteiger partial charge in [-0.25, -0.2) is 9.59 Å². The lowest BCUT2D eigenvalue weighted by Crippen LogP contribution is -2.51. The molecule has 19 heavy (non-hydrogen) atoms. The SMILES string of the molecule is CC(C)N(CC1CC1)C(=O)N[C@@H](CC(N)=O)C(=O)O. The summed E-state index contributed by atoms with van der Waals surface area (Å²) in [7, 11) is 0. The lowest BCUT2D eigenvalue weighted by molar-refractivity contribution is -0.141. The third-order valence-electron chi connectivity index (χ3n) is 3.04. The van der Waals surface area contributed by atoms with Crippen LogP contribution in [-0.2, 0) is 9.59 Å². The lowest BCUT2D eigenvalue weighted by Gasteiger charge is -2.28. The van der Waals surface area contributed by atoms with Gasteiger partial charge in [0.15, 0.2) is 0 Å². The number of hydrogen-bond donors (Lipinski definition) is 3. The van der Waals surface area contributed by atoms with E-state index in [4.69, 9.17) is 10.8 Å². The molecule has 7 heteroatoms. The Hall–Kier alpha value is -1.79. The van der Waals surface area contributed by atoms with Crippen molar-refractivity contribution in [2.75, 3.05) is 6.54 Å². The molecule has 108 valence electrons. The highest BCUT2D eigenvalue weighted by Crippen LogP contribution is 2.30. The van der Waals surface area contributed by atoms with Crippen LogP contribution in [0.15, 0.2) is 0 Å². The fourth-order valence-corrected chi connectivity index (χ4v) is 1.74. The average molecular weight is 271 g/mol. The number of amides is 3. The molecule has 0 unspecified atom stereocenters. The number of carboxylic acids is 1. The van der Waals surface area contributed by atoms with Gasteiger partial charge in [-0.15, -0.1) is 0 Å². The summed E-state index contributed by atoms with van der Waals surface area (Å²) in [6.45, 7) is 4.35. The van der Waals surface area contributed by atoms with Crippen LogP contribution in [0.5, 0.6) is 0 Å². The first-order chi connectivity index (χ1) is 8.81. The van der Waals surface area contributed by atoms with E-state index in [0.29, 0.717) is 12.5 Å². The van der Waals surface area contributed by atoms with E-state index in [1.807, 2.05) is 13.8 Å². The maximum absolute atomic E-state index is 12.0. The smallest absolute Gasteiger partial charge is 0.326 e. The van der Waals surface area contributed by atoms with E-state index in [2.05, 4.69) is 5.32 Å². The van der Waals surface area contributed by atoms with E-state index in [1.54, 1.807) is 4.90 Å². The predicted octanol–water partition coefficient (Wildman–Crippen LogP) is 0.145. The van der Waals surface area contributed by atoms with Gasteiger partial charge in [-0.05, 0) is 32.6 Å². The molecule has 0 spiro atoms. The molecule has 7 nitrogen and oxygen atoms in total. The van der Waals surface area contributed by atoms with Crippen LogP contribution in [0.3, 0.4) is 0 Å². The van der Waals surface area contributed by atoms with Gasteiger partial charge in [-0.3, -0.25) is 4.79 Å². The summed E-state index contributed by atoms with van der Waals surface area (Å²) in [6.07, 6.45) is 1.79. The maximum Gasteiger partial charge on any atom is 0.326 e. The van der Waals surface area contributed by atoms with Gasteiger partial charge in [0.1, 0.15) is 6.04 Å². The minimum Gasteiger partial charge on any atom is -0.480 e. The van der Waals surface area contributed by atoms with Crippen LogP contribution in [0.1, 0.15) is 33.1 Å². The Bertz CT molecular complexity index is 366. The van der Waals surface area contributed by atoms with Crippen molar-refractivity contribution in [3.8, 4) is 0 Å². The monoisotopic (exact) mass is 271 g/mol. The van der Waals surface area contributed by atoms with Gasteiger partial charge >= 0.3 is 12.0 Å². The van der Waals surface area contributed by atoms with Crippen LogP contribution < -0.4 is 11.1 Å². The maximum atomic E-state index is 12.0.